The summed E-state index contributed by atoms with van der Waals surface area (Å²) in [6.45, 7) is 4.64. The Labute approximate surface area is 199 Å². The summed E-state index contributed by atoms with van der Waals surface area (Å²) in [5, 5.41) is 18.6. The summed E-state index contributed by atoms with van der Waals surface area (Å²) in [7, 11) is 4.20. The molecule has 7 nitrogen and oxygen atoms in total. The summed E-state index contributed by atoms with van der Waals surface area (Å²) in [5.74, 6) is 0.889. The van der Waals surface area contributed by atoms with Crippen LogP contribution >= 0.6 is 11.8 Å². The number of thioether (sulfide) groups is 1. The molecule has 0 radical (unpaired) electrons. The molecule has 33 heavy (non-hydrogen) atoms. The Balaban J connectivity index is 1.22. The number of aliphatic hydroxyl groups is 1. The molecule has 3 aromatic rings. The fourth-order valence-electron chi connectivity index (χ4n) is 4.54. The molecule has 0 atom stereocenters. The number of hydrogen-bond acceptors (Lipinski definition) is 6. The quantitative estimate of drug-likeness (QED) is 0.437. The van der Waals surface area contributed by atoms with Gasteiger partial charge in [-0.2, -0.15) is 5.10 Å². The van der Waals surface area contributed by atoms with Gasteiger partial charge in [-0.15, -0.1) is 0 Å². The Bertz CT molecular complexity index is 1130. The SMILES string of the molecule is CN(C)CC1=CCc2[nH]nc(-c3cc4ccc(OCCCN5CCC(O)CC5)cc4[nH]3)c2S1. The van der Waals surface area contributed by atoms with Gasteiger partial charge in [0.25, 0.3) is 0 Å². The van der Waals surface area contributed by atoms with E-state index in [1.165, 1.54) is 15.5 Å². The van der Waals surface area contributed by atoms with Gasteiger partial charge in [-0.1, -0.05) is 17.8 Å². The number of ether oxygens (including phenoxy) is 1. The van der Waals surface area contributed by atoms with Crippen molar-refractivity contribution in [3.8, 4) is 17.1 Å². The van der Waals surface area contributed by atoms with Crippen molar-refractivity contribution < 1.29 is 9.84 Å². The minimum atomic E-state index is -0.114. The Morgan fingerprint density at radius 2 is 2.09 bits per heavy atom. The number of likely N-dealkylation sites (N-methyl/N-ethyl adjacent to an activating group) is 1. The van der Waals surface area contributed by atoms with Crippen LogP contribution in [0.4, 0.5) is 0 Å². The molecule has 8 heteroatoms. The maximum atomic E-state index is 9.63. The molecule has 0 bridgehead atoms. The van der Waals surface area contributed by atoms with E-state index in [-0.39, 0.29) is 6.10 Å². The molecule has 1 aromatic carbocycles. The number of fused-ring (bicyclic) bond motifs is 2. The molecule has 0 spiro atoms. The summed E-state index contributed by atoms with van der Waals surface area (Å²) < 4.78 is 6.03. The van der Waals surface area contributed by atoms with Crippen LogP contribution in [0.25, 0.3) is 22.3 Å². The molecule has 1 saturated heterocycles. The van der Waals surface area contributed by atoms with Crippen molar-refractivity contribution in [2.24, 2.45) is 0 Å². The predicted octanol–water partition coefficient (Wildman–Crippen LogP) is 3.88. The number of H-pyrrole nitrogens is 2. The van der Waals surface area contributed by atoms with Gasteiger partial charge in [0.05, 0.1) is 29.0 Å². The van der Waals surface area contributed by atoms with Gasteiger partial charge in [-0.3, -0.25) is 5.10 Å². The second kappa shape index (κ2) is 9.93. The largest absolute Gasteiger partial charge is 0.493 e. The molecule has 2 aliphatic heterocycles. The number of aromatic amines is 2. The van der Waals surface area contributed by atoms with Crippen molar-refractivity contribution >= 4 is 22.7 Å². The van der Waals surface area contributed by atoms with Crippen LogP contribution in [0, 0.1) is 0 Å². The van der Waals surface area contributed by atoms with E-state index in [1.807, 2.05) is 17.8 Å². The van der Waals surface area contributed by atoms with Crippen LogP contribution < -0.4 is 4.74 Å². The number of allylic oxidation sites excluding steroid dienone is 1. The lowest BCUT2D eigenvalue weighted by Gasteiger charge is -2.29. The summed E-state index contributed by atoms with van der Waals surface area (Å²) >= 11 is 1.82. The highest BCUT2D eigenvalue weighted by atomic mass is 32.2. The Morgan fingerprint density at radius 3 is 2.91 bits per heavy atom. The highest BCUT2D eigenvalue weighted by Gasteiger charge is 2.22. The van der Waals surface area contributed by atoms with E-state index in [0.717, 1.165) is 79.9 Å². The lowest BCUT2D eigenvalue weighted by atomic mass is 10.1. The van der Waals surface area contributed by atoms with Crippen LogP contribution in [0.5, 0.6) is 5.75 Å². The number of piperidine rings is 1. The van der Waals surface area contributed by atoms with E-state index < -0.39 is 0 Å². The van der Waals surface area contributed by atoms with Gasteiger partial charge in [0.2, 0.25) is 0 Å². The second-order valence-corrected chi connectivity index (χ2v) is 10.4. The summed E-state index contributed by atoms with van der Waals surface area (Å²) in [4.78, 5) is 10.8. The molecule has 1 fully saturated rings. The monoisotopic (exact) mass is 467 g/mol. The first-order chi connectivity index (χ1) is 16.0. The minimum absolute atomic E-state index is 0.114. The average molecular weight is 468 g/mol. The summed E-state index contributed by atoms with van der Waals surface area (Å²) in [5.41, 5.74) is 4.27. The average Bonchev–Trinajstić information content (AvgIpc) is 3.40. The number of rotatable bonds is 8. The molecule has 0 amide bonds. The summed E-state index contributed by atoms with van der Waals surface area (Å²) in [6, 6.07) is 8.41. The van der Waals surface area contributed by atoms with Crippen LogP contribution in [0.2, 0.25) is 0 Å². The Morgan fingerprint density at radius 1 is 1.24 bits per heavy atom. The number of nitrogens with one attached hydrogen (secondary N) is 2. The smallest absolute Gasteiger partial charge is 0.122 e. The van der Waals surface area contributed by atoms with Crippen molar-refractivity contribution in [2.45, 2.75) is 36.7 Å². The van der Waals surface area contributed by atoms with Gasteiger partial charge in [0.15, 0.2) is 0 Å². The number of likely N-dealkylation sites (tertiary alicyclic amines) is 1. The standard InChI is InChI=1S/C25H33N5O2S/c1-29(2)16-20-6-7-21-25(33-20)24(28-27-21)23-14-17-4-5-19(15-22(17)26-23)32-13-3-10-30-11-8-18(31)9-12-30/h4-6,14-15,18,26,31H,3,7-13,16H2,1-2H3,(H,27,28). The van der Waals surface area contributed by atoms with E-state index in [1.54, 1.807) is 0 Å². The second-order valence-electron chi connectivity index (χ2n) is 9.30. The highest BCUT2D eigenvalue weighted by molar-refractivity contribution is 8.03. The molecule has 0 aliphatic carbocycles. The van der Waals surface area contributed by atoms with Crippen molar-refractivity contribution in [3.05, 3.63) is 40.9 Å². The fraction of sp³-hybridized carbons (Fsp3) is 0.480. The fourth-order valence-corrected chi connectivity index (χ4v) is 5.80. The van der Waals surface area contributed by atoms with Crippen molar-refractivity contribution in [2.75, 3.05) is 46.9 Å². The highest BCUT2D eigenvalue weighted by Crippen LogP contribution is 2.40. The molecular weight excluding hydrogens is 434 g/mol. The molecule has 4 heterocycles. The lowest BCUT2D eigenvalue weighted by molar-refractivity contribution is 0.0800. The molecule has 2 aromatic heterocycles. The first-order valence-corrected chi connectivity index (χ1v) is 12.6. The van der Waals surface area contributed by atoms with E-state index in [4.69, 9.17) is 4.74 Å². The van der Waals surface area contributed by atoms with E-state index in [9.17, 15) is 5.11 Å². The molecular formula is C25H33N5O2S. The van der Waals surface area contributed by atoms with E-state index in [0.29, 0.717) is 6.61 Å². The van der Waals surface area contributed by atoms with Gasteiger partial charge in [0.1, 0.15) is 11.4 Å². The Kier molecular flexibility index (Phi) is 6.78. The minimum Gasteiger partial charge on any atom is -0.493 e. The van der Waals surface area contributed by atoms with Gasteiger partial charge in [-0.05, 0) is 51.6 Å². The third-order valence-corrected chi connectivity index (χ3v) is 7.53. The predicted molar refractivity (Wildman–Crippen MR) is 134 cm³/mol. The van der Waals surface area contributed by atoms with Crippen LogP contribution in [0.15, 0.2) is 40.1 Å². The number of aromatic nitrogens is 3. The number of aliphatic hydroxyl groups excluding tert-OH is 1. The van der Waals surface area contributed by atoms with Gasteiger partial charge >= 0.3 is 0 Å². The van der Waals surface area contributed by atoms with Crippen molar-refractivity contribution in [1.82, 2.24) is 25.0 Å². The number of nitrogens with zero attached hydrogens (tertiary/aromatic N) is 3. The maximum absolute atomic E-state index is 9.63. The lowest BCUT2D eigenvalue weighted by Crippen LogP contribution is -2.36. The third-order valence-electron chi connectivity index (χ3n) is 6.32. The van der Waals surface area contributed by atoms with Crippen LogP contribution in [-0.4, -0.2) is 83.1 Å². The zero-order chi connectivity index (χ0) is 22.8. The first kappa shape index (κ1) is 22.5. The third kappa shape index (κ3) is 5.30. The van der Waals surface area contributed by atoms with E-state index >= 15 is 0 Å². The first-order valence-electron chi connectivity index (χ1n) is 11.8. The topological polar surface area (TPSA) is 80.4 Å². The van der Waals surface area contributed by atoms with Crippen molar-refractivity contribution in [1.29, 1.82) is 0 Å². The van der Waals surface area contributed by atoms with Crippen LogP contribution in [0.3, 0.4) is 0 Å². The maximum Gasteiger partial charge on any atom is 0.122 e. The number of hydrogen-bond donors (Lipinski definition) is 3. The van der Waals surface area contributed by atoms with E-state index in [2.05, 4.69) is 63.4 Å². The van der Waals surface area contributed by atoms with Gasteiger partial charge < -0.3 is 24.6 Å². The van der Waals surface area contributed by atoms with Gasteiger partial charge in [-0.25, -0.2) is 0 Å². The molecule has 2 aliphatic rings. The Hall–Kier alpha value is -2.26. The number of benzene rings is 1. The molecule has 5 rings (SSSR count). The van der Waals surface area contributed by atoms with Crippen LogP contribution in [0.1, 0.15) is 25.0 Å². The normalized spacial score (nSPS) is 17.5. The van der Waals surface area contributed by atoms with Gasteiger partial charge in [0, 0.05) is 54.5 Å². The zero-order valence-electron chi connectivity index (χ0n) is 19.4. The molecule has 0 saturated carbocycles. The molecule has 3 N–H and O–H groups in total. The zero-order valence-corrected chi connectivity index (χ0v) is 20.2. The van der Waals surface area contributed by atoms with Crippen LogP contribution in [-0.2, 0) is 6.42 Å². The summed E-state index contributed by atoms with van der Waals surface area (Å²) in [6.07, 6.45) is 5.84. The molecule has 176 valence electrons. The molecule has 0 unspecified atom stereocenters. The van der Waals surface area contributed by atoms with Crippen molar-refractivity contribution in [3.63, 3.8) is 0 Å².